The van der Waals surface area contributed by atoms with Crippen LogP contribution in [0.5, 0.6) is 5.75 Å². The van der Waals surface area contributed by atoms with Crippen LogP contribution in [0.15, 0.2) is 48.5 Å². The maximum absolute atomic E-state index is 5.98. The molecule has 2 nitrogen and oxygen atoms in total. The number of anilines is 1. The molecule has 94 valence electrons. The van der Waals surface area contributed by atoms with Gasteiger partial charge in [0, 0.05) is 17.3 Å². The van der Waals surface area contributed by atoms with E-state index >= 15 is 0 Å². The van der Waals surface area contributed by atoms with E-state index in [1.165, 1.54) is 0 Å². The van der Waals surface area contributed by atoms with E-state index in [0.29, 0.717) is 23.9 Å². The SMILES string of the molecule is Clc1ccc(NCCOc2ccccc2Cl)cc1. The van der Waals surface area contributed by atoms with Crippen molar-refractivity contribution in [2.24, 2.45) is 0 Å². The molecule has 2 rings (SSSR count). The number of ether oxygens (including phenoxy) is 1. The van der Waals surface area contributed by atoms with Gasteiger partial charge in [-0.15, -0.1) is 0 Å². The zero-order valence-corrected chi connectivity index (χ0v) is 11.2. The van der Waals surface area contributed by atoms with Gasteiger partial charge >= 0.3 is 0 Å². The molecule has 0 spiro atoms. The molecule has 0 aliphatic rings. The van der Waals surface area contributed by atoms with E-state index in [9.17, 15) is 0 Å². The molecule has 0 aliphatic carbocycles. The Labute approximate surface area is 116 Å². The monoisotopic (exact) mass is 281 g/mol. The number of hydrogen-bond acceptors (Lipinski definition) is 2. The first kappa shape index (κ1) is 13.1. The second-order valence-electron chi connectivity index (χ2n) is 3.71. The van der Waals surface area contributed by atoms with E-state index < -0.39 is 0 Å². The van der Waals surface area contributed by atoms with E-state index in [2.05, 4.69) is 5.32 Å². The van der Waals surface area contributed by atoms with Gasteiger partial charge in [-0.25, -0.2) is 0 Å². The van der Waals surface area contributed by atoms with Crippen LogP contribution in [0.2, 0.25) is 10.0 Å². The first-order valence-electron chi connectivity index (χ1n) is 5.62. The Morgan fingerprint density at radius 1 is 0.944 bits per heavy atom. The van der Waals surface area contributed by atoms with Crippen LogP contribution >= 0.6 is 23.2 Å². The highest BCUT2D eigenvalue weighted by Gasteiger charge is 1.98. The largest absolute Gasteiger partial charge is 0.490 e. The first-order chi connectivity index (χ1) is 8.75. The van der Waals surface area contributed by atoms with Crippen molar-refractivity contribution in [1.82, 2.24) is 0 Å². The van der Waals surface area contributed by atoms with Gasteiger partial charge in [0.1, 0.15) is 12.4 Å². The highest BCUT2D eigenvalue weighted by atomic mass is 35.5. The first-order valence-corrected chi connectivity index (χ1v) is 6.38. The van der Waals surface area contributed by atoms with Crippen LogP contribution < -0.4 is 10.1 Å². The van der Waals surface area contributed by atoms with Gasteiger partial charge in [-0.1, -0.05) is 35.3 Å². The predicted molar refractivity (Wildman–Crippen MR) is 76.9 cm³/mol. The molecule has 1 N–H and O–H groups in total. The fraction of sp³-hybridized carbons (Fsp3) is 0.143. The maximum atomic E-state index is 5.98. The molecular formula is C14H13Cl2NO. The molecule has 0 bridgehead atoms. The van der Waals surface area contributed by atoms with Crippen LogP contribution in [0.25, 0.3) is 0 Å². The summed E-state index contributed by atoms with van der Waals surface area (Å²) in [7, 11) is 0. The normalized spacial score (nSPS) is 10.1. The molecule has 0 amide bonds. The van der Waals surface area contributed by atoms with Gasteiger partial charge in [0.25, 0.3) is 0 Å². The summed E-state index contributed by atoms with van der Waals surface area (Å²) < 4.78 is 5.56. The molecule has 18 heavy (non-hydrogen) atoms. The minimum absolute atomic E-state index is 0.548. The molecule has 0 radical (unpaired) electrons. The lowest BCUT2D eigenvalue weighted by Crippen LogP contribution is -2.11. The van der Waals surface area contributed by atoms with E-state index in [4.69, 9.17) is 27.9 Å². The molecular weight excluding hydrogens is 269 g/mol. The summed E-state index contributed by atoms with van der Waals surface area (Å²) in [5.41, 5.74) is 1.02. The molecule has 0 fully saturated rings. The zero-order valence-electron chi connectivity index (χ0n) is 9.70. The molecule has 0 heterocycles. The van der Waals surface area contributed by atoms with Gasteiger partial charge in [-0.2, -0.15) is 0 Å². The summed E-state index contributed by atoms with van der Waals surface area (Å²) in [6.45, 7) is 1.25. The number of rotatable bonds is 5. The Morgan fingerprint density at radius 3 is 2.39 bits per heavy atom. The molecule has 0 saturated heterocycles. The van der Waals surface area contributed by atoms with Crippen molar-refractivity contribution in [2.75, 3.05) is 18.5 Å². The molecule has 4 heteroatoms. The summed E-state index contributed by atoms with van der Waals surface area (Å²) >= 11 is 11.8. The van der Waals surface area contributed by atoms with Gasteiger partial charge < -0.3 is 10.1 Å². The van der Waals surface area contributed by atoms with E-state index in [1.807, 2.05) is 48.5 Å². The average Bonchev–Trinajstić information content (AvgIpc) is 2.39. The summed E-state index contributed by atoms with van der Waals surface area (Å²) in [6, 6.07) is 15.0. The fourth-order valence-electron chi connectivity index (χ4n) is 1.49. The number of hydrogen-bond donors (Lipinski definition) is 1. The number of halogens is 2. The van der Waals surface area contributed by atoms with Crippen molar-refractivity contribution in [3.8, 4) is 5.75 Å². The molecule has 0 saturated carbocycles. The van der Waals surface area contributed by atoms with Gasteiger partial charge in [0.2, 0.25) is 0 Å². The second kappa shape index (κ2) is 6.53. The summed E-state index contributed by atoms with van der Waals surface area (Å²) in [5.74, 6) is 0.706. The number of para-hydroxylation sites is 1. The third kappa shape index (κ3) is 3.83. The van der Waals surface area contributed by atoms with Crippen LogP contribution in [0, 0.1) is 0 Å². The number of benzene rings is 2. The third-order valence-electron chi connectivity index (χ3n) is 2.37. The van der Waals surface area contributed by atoms with Gasteiger partial charge in [-0.3, -0.25) is 0 Å². The lowest BCUT2D eigenvalue weighted by Gasteiger charge is -2.09. The minimum atomic E-state index is 0.548. The van der Waals surface area contributed by atoms with E-state index in [1.54, 1.807) is 0 Å². The van der Waals surface area contributed by atoms with Gasteiger partial charge in [-0.05, 0) is 36.4 Å². The van der Waals surface area contributed by atoms with Crippen LogP contribution in [-0.4, -0.2) is 13.2 Å². The minimum Gasteiger partial charge on any atom is -0.490 e. The Balaban J connectivity index is 1.76. The van der Waals surface area contributed by atoms with Crippen LogP contribution in [0.3, 0.4) is 0 Å². The molecule has 0 aliphatic heterocycles. The fourth-order valence-corrected chi connectivity index (χ4v) is 1.80. The van der Waals surface area contributed by atoms with E-state index in [0.717, 1.165) is 10.7 Å². The van der Waals surface area contributed by atoms with Crippen LogP contribution in [0.4, 0.5) is 5.69 Å². The quantitative estimate of drug-likeness (QED) is 0.816. The van der Waals surface area contributed by atoms with Crippen LogP contribution in [-0.2, 0) is 0 Å². The Hall–Kier alpha value is -1.38. The zero-order chi connectivity index (χ0) is 12.8. The smallest absolute Gasteiger partial charge is 0.137 e. The molecule has 2 aromatic carbocycles. The van der Waals surface area contributed by atoms with Gasteiger partial charge in [0.15, 0.2) is 0 Å². The molecule has 0 atom stereocenters. The average molecular weight is 282 g/mol. The maximum Gasteiger partial charge on any atom is 0.137 e. The Kier molecular flexibility index (Phi) is 4.73. The Bertz CT molecular complexity index is 499. The van der Waals surface area contributed by atoms with Crippen molar-refractivity contribution in [1.29, 1.82) is 0 Å². The second-order valence-corrected chi connectivity index (χ2v) is 4.56. The van der Waals surface area contributed by atoms with Crippen molar-refractivity contribution in [3.05, 3.63) is 58.6 Å². The number of nitrogens with one attached hydrogen (secondary N) is 1. The summed E-state index contributed by atoms with van der Waals surface area (Å²) in [6.07, 6.45) is 0. The summed E-state index contributed by atoms with van der Waals surface area (Å²) in [4.78, 5) is 0. The topological polar surface area (TPSA) is 21.3 Å². The van der Waals surface area contributed by atoms with Crippen LogP contribution in [0.1, 0.15) is 0 Å². The predicted octanol–water partition coefficient (Wildman–Crippen LogP) is 4.48. The molecule has 0 unspecified atom stereocenters. The van der Waals surface area contributed by atoms with Crippen molar-refractivity contribution in [3.63, 3.8) is 0 Å². The third-order valence-corrected chi connectivity index (χ3v) is 2.93. The summed E-state index contributed by atoms with van der Waals surface area (Å²) in [5, 5.41) is 4.59. The van der Waals surface area contributed by atoms with E-state index in [-0.39, 0.29) is 0 Å². The highest BCUT2D eigenvalue weighted by Crippen LogP contribution is 2.22. The standard InChI is InChI=1S/C14H13Cl2NO/c15-11-5-7-12(8-6-11)17-9-10-18-14-4-2-1-3-13(14)16/h1-8,17H,9-10H2. The van der Waals surface area contributed by atoms with Crippen molar-refractivity contribution >= 4 is 28.9 Å². The van der Waals surface area contributed by atoms with Crippen molar-refractivity contribution < 1.29 is 4.74 Å². The lowest BCUT2D eigenvalue weighted by molar-refractivity contribution is 0.333. The molecule has 2 aromatic rings. The molecule has 0 aromatic heterocycles. The lowest BCUT2D eigenvalue weighted by atomic mass is 10.3. The Morgan fingerprint density at radius 2 is 1.67 bits per heavy atom. The van der Waals surface area contributed by atoms with Crippen molar-refractivity contribution in [2.45, 2.75) is 0 Å². The van der Waals surface area contributed by atoms with Gasteiger partial charge in [0.05, 0.1) is 5.02 Å². The highest BCUT2D eigenvalue weighted by molar-refractivity contribution is 6.32.